The number of nitrogens with zero attached hydrogens (tertiary/aromatic N) is 2. The third-order valence-electron chi connectivity index (χ3n) is 5.20. The summed E-state index contributed by atoms with van der Waals surface area (Å²) < 4.78 is 13.7. The average Bonchev–Trinajstić information content (AvgIpc) is 3.15. The van der Waals surface area contributed by atoms with Crippen molar-refractivity contribution in [2.24, 2.45) is 0 Å². The van der Waals surface area contributed by atoms with Crippen LogP contribution in [0, 0.1) is 5.82 Å². The van der Waals surface area contributed by atoms with Crippen molar-refractivity contribution in [2.75, 3.05) is 18.5 Å². The van der Waals surface area contributed by atoms with Crippen molar-refractivity contribution in [3.8, 4) is 0 Å². The second-order valence-corrected chi connectivity index (χ2v) is 6.74. The second kappa shape index (κ2) is 6.44. The maximum absolute atomic E-state index is 13.7. The van der Waals surface area contributed by atoms with Gasteiger partial charge in [0.2, 0.25) is 0 Å². The van der Waals surface area contributed by atoms with Crippen molar-refractivity contribution in [1.29, 1.82) is 0 Å². The van der Waals surface area contributed by atoms with Gasteiger partial charge in [-0.25, -0.2) is 4.39 Å². The summed E-state index contributed by atoms with van der Waals surface area (Å²) in [7, 11) is 1.95. The molecule has 0 radical (unpaired) electrons. The molecule has 2 aliphatic heterocycles. The fourth-order valence-electron chi connectivity index (χ4n) is 3.77. The highest BCUT2D eigenvalue weighted by molar-refractivity contribution is 6.04. The number of benzene rings is 2. The SMILES string of the molecule is CN1c2cc(C(=O)NCc3ccccc3F)ccc2C(=O)N2CCC[C@H]21. The smallest absolute Gasteiger partial charge is 0.257 e. The fraction of sp³-hybridized carbons (Fsp3) is 0.300. The van der Waals surface area contributed by atoms with Crippen LogP contribution in [0.4, 0.5) is 10.1 Å². The molecule has 6 heteroatoms. The largest absolute Gasteiger partial charge is 0.354 e. The lowest BCUT2D eigenvalue weighted by Crippen LogP contribution is -2.50. The summed E-state index contributed by atoms with van der Waals surface area (Å²) in [6, 6.07) is 11.5. The van der Waals surface area contributed by atoms with Crippen molar-refractivity contribution in [2.45, 2.75) is 25.6 Å². The Balaban J connectivity index is 1.55. The maximum atomic E-state index is 13.7. The van der Waals surface area contributed by atoms with Crippen LogP contribution in [0.5, 0.6) is 0 Å². The normalized spacial score (nSPS) is 18.5. The highest BCUT2D eigenvalue weighted by Gasteiger charge is 2.38. The molecule has 2 heterocycles. The van der Waals surface area contributed by atoms with Gasteiger partial charge < -0.3 is 15.1 Å². The minimum Gasteiger partial charge on any atom is -0.354 e. The van der Waals surface area contributed by atoms with Crippen molar-refractivity contribution in [3.05, 3.63) is 65.0 Å². The Morgan fingerprint density at radius 1 is 1.27 bits per heavy atom. The van der Waals surface area contributed by atoms with E-state index in [4.69, 9.17) is 0 Å². The van der Waals surface area contributed by atoms with Gasteiger partial charge in [0.05, 0.1) is 11.3 Å². The molecule has 134 valence electrons. The van der Waals surface area contributed by atoms with Crippen LogP contribution in [-0.4, -0.2) is 36.5 Å². The highest BCUT2D eigenvalue weighted by Crippen LogP contribution is 2.35. The van der Waals surface area contributed by atoms with Gasteiger partial charge in [-0.2, -0.15) is 0 Å². The summed E-state index contributed by atoms with van der Waals surface area (Å²) in [5.41, 5.74) is 2.30. The van der Waals surface area contributed by atoms with Gasteiger partial charge in [0.1, 0.15) is 12.0 Å². The molecule has 0 aromatic heterocycles. The third kappa shape index (κ3) is 2.71. The molecule has 1 atom stereocenters. The van der Waals surface area contributed by atoms with Gasteiger partial charge in [-0.3, -0.25) is 9.59 Å². The Morgan fingerprint density at radius 3 is 2.88 bits per heavy atom. The molecular formula is C20H20FN3O2. The minimum absolute atomic E-state index is 0.0268. The Labute approximate surface area is 151 Å². The van der Waals surface area contributed by atoms with E-state index in [0.717, 1.165) is 25.1 Å². The molecule has 2 amide bonds. The Bertz CT molecular complexity index is 883. The van der Waals surface area contributed by atoms with E-state index in [1.165, 1.54) is 6.07 Å². The molecule has 0 spiro atoms. The van der Waals surface area contributed by atoms with E-state index in [0.29, 0.717) is 16.7 Å². The zero-order valence-corrected chi connectivity index (χ0v) is 14.5. The first-order valence-electron chi connectivity index (χ1n) is 8.76. The Hall–Kier alpha value is -2.89. The first-order valence-corrected chi connectivity index (χ1v) is 8.76. The molecule has 0 saturated carbocycles. The lowest BCUT2D eigenvalue weighted by atomic mass is 10.0. The van der Waals surface area contributed by atoms with Gasteiger partial charge >= 0.3 is 0 Å². The first kappa shape index (κ1) is 16.6. The molecule has 5 nitrogen and oxygen atoms in total. The van der Waals surface area contributed by atoms with Crippen molar-refractivity contribution < 1.29 is 14.0 Å². The molecule has 0 bridgehead atoms. The fourth-order valence-corrected chi connectivity index (χ4v) is 3.77. The number of rotatable bonds is 3. The molecular weight excluding hydrogens is 333 g/mol. The highest BCUT2D eigenvalue weighted by atomic mass is 19.1. The molecule has 1 fully saturated rings. The summed E-state index contributed by atoms with van der Waals surface area (Å²) in [6.45, 7) is 0.895. The maximum Gasteiger partial charge on any atom is 0.257 e. The number of fused-ring (bicyclic) bond motifs is 2. The van der Waals surface area contributed by atoms with E-state index >= 15 is 0 Å². The summed E-state index contributed by atoms with van der Waals surface area (Å²) in [5.74, 6) is -0.602. The van der Waals surface area contributed by atoms with E-state index in [1.807, 2.05) is 11.9 Å². The summed E-state index contributed by atoms with van der Waals surface area (Å²) >= 11 is 0. The van der Waals surface area contributed by atoms with Gasteiger partial charge in [-0.15, -0.1) is 0 Å². The average molecular weight is 353 g/mol. The standard InChI is InChI=1S/C20H20FN3O2/c1-23-17-11-13(19(25)22-12-14-5-2-3-6-16(14)21)8-9-15(17)20(26)24-10-4-7-18(23)24/h2-3,5-6,8-9,11,18H,4,7,10,12H2,1H3,(H,22,25)/t18-/m0/s1. The number of amides is 2. The molecule has 0 aliphatic carbocycles. The quantitative estimate of drug-likeness (QED) is 0.923. The molecule has 1 N–H and O–H groups in total. The number of nitrogens with one attached hydrogen (secondary N) is 1. The lowest BCUT2D eigenvalue weighted by Gasteiger charge is -2.40. The number of anilines is 1. The number of halogens is 1. The first-order chi connectivity index (χ1) is 12.6. The third-order valence-corrected chi connectivity index (χ3v) is 5.20. The van der Waals surface area contributed by atoms with Crippen LogP contribution >= 0.6 is 0 Å². The van der Waals surface area contributed by atoms with Crippen LogP contribution in [-0.2, 0) is 6.54 Å². The molecule has 2 aromatic rings. The Kier molecular flexibility index (Phi) is 4.11. The van der Waals surface area contributed by atoms with Crippen LogP contribution in [0.15, 0.2) is 42.5 Å². The Morgan fingerprint density at radius 2 is 2.08 bits per heavy atom. The molecule has 2 aliphatic rings. The van der Waals surface area contributed by atoms with E-state index in [9.17, 15) is 14.0 Å². The summed E-state index contributed by atoms with van der Waals surface area (Å²) in [6.07, 6.45) is 1.99. The molecule has 1 saturated heterocycles. The summed E-state index contributed by atoms with van der Waals surface area (Å²) in [5, 5.41) is 2.74. The van der Waals surface area contributed by atoms with E-state index < -0.39 is 0 Å². The van der Waals surface area contributed by atoms with Crippen LogP contribution in [0.3, 0.4) is 0 Å². The van der Waals surface area contributed by atoms with Crippen LogP contribution in [0.25, 0.3) is 0 Å². The molecule has 26 heavy (non-hydrogen) atoms. The topological polar surface area (TPSA) is 52.7 Å². The van der Waals surface area contributed by atoms with Crippen LogP contribution < -0.4 is 10.2 Å². The van der Waals surface area contributed by atoms with E-state index in [2.05, 4.69) is 10.2 Å². The van der Waals surface area contributed by atoms with E-state index in [-0.39, 0.29) is 30.3 Å². The lowest BCUT2D eigenvalue weighted by molar-refractivity contribution is 0.0719. The number of carbonyl (C=O) groups excluding carboxylic acids is 2. The van der Waals surface area contributed by atoms with Gasteiger partial charge in [0.15, 0.2) is 0 Å². The number of carbonyl (C=O) groups is 2. The molecule has 2 aromatic carbocycles. The minimum atomic E-state index is -0.343. The molecule has 4 rings (SSSR count). The van der Waals surface area contributed by atoms with Gasteiger partial charge in [0.25, 0.3) is 11.8 Å². The van der Waals surface area contributed by atoms with Gasteiger partial charge in [-0.1, -0.05) is 18.2 Å². The number of hydrogen-bond donors (Lipinski definition) is 1. The number of hydrogen-bond acceptors (Lipinski definition) is 3. The van der Waals surface area contributed by atoms with E-state index in [1.54, 1.807) is 36.4 Å². The van der Waals surface area contributed by atoms with Gasteiger partial charge in [0, 0.05) is 31.3 Å². The second-order valence-electron chi connectivity index (χ2n) is 6.74. The molecule has 0 unspecified atom stereocenters. The van der Waals surface area contributed by atoms with Crippen LogP contribution in [0.1, 0.15) is 39.1 Å². The zero-order chi connectivity index (χ0) is 18.3. The predicted octanol–water partition coefficient (Wildman–Crippen LogP) is 2.77. The van der Waals surface area contributed by atoms with Crippen LogP contribution in [0.2, 0.25) is 0 Å². The summed E-state index contributed by atoms with van der Waals surface area (Å²) in [4.78, 5) is 29.1. The predicted molar refractivity (Wildman–Crippen MR) is 96.5 cm³/mol. The monoisotopic (exact) mass is 353 g/mol. The van der Waals surface area contributed by atoms with Crippen molar-refractivity contribution >= 4 is 17.5 Å². The zero-order valence-electron chi connectivity index (χ0n) is 14.5. The van der Waals surface area contributed by atoms with Crippen molar-refractivity contribution in [3.63, 3.8) is 0 Å². The van der Waals surface area contributed by atoms with Crippen molar-refractivity contribution in [1.82, 2.24) is 10.2 Å². The van der Waals surface area contributed by atoms with Gasteiger partial charge in [-0.05, 0) is 37.1 Å².